The van der Waals surface area contributed by atoms with Crippen molar-refractivity contribution in [2.75, 3.05) is 26.3 Å². The van der Waals surface area contributed by atoms with Crippen molar-refractivity contribution in [3.8, 4) is 0 Å². The van der Waals surface area contributed by atoms with E-state index in [4.69, 9.17) is 9.47 Å². The van der Waals surface area contributed by atoms with Crippen LogP contribution in [0.1, 0.15) is 27.7 Å². The third-order valence-electron chi connectivity index (χ3n) is 1.70. The SMILES string of the molecule is CCNCC(C)OC(C)COCC. The molecule has 0 saturated heterocycles. The molecule has 1 N–H and O–H groups in total. The summed E-state index contributed by atoms with van der Waals surface area (Å²) in [7, 11) is 0. The van der Waals surface area contributed by atoms with Gasteiger partial charge in [-0.2, -0.15) is 0 Å². The quantitative estimate of drug-likeness (QED) is 0.626. The van der Waals surface area contributed by atoms with E-state index in [9.17, 15) is 0 Å². The lowest BCUT2D eigenvalue weighted by molar-refractivity contribution is -0.0381. The maximum atomic E-state index is 5.67. The molecule has 0 fully saturated rings. The zero-order chi connectivity index (χ0) is 10.1. The van der Waals surface area contributed by atoms with Crippen molar-refractivity contribution < 1.29 is 9.47 Å². The topological polar surface area (TPSA) is 30.5 Å². The summed E-state index contributed by atoms with van der Waals surface area (Å²) in [6.07, 6.45) is 0.448. The van der Waals surface area contributed by atoms with Crippen LogP contribution in [0.3, 0.4) is 0 Å². The number of hydrogen-bond acceptors (Lipinski definition) is 3. The Balaban J connectivity index is 3.35. The smallest absolute Gasteiger partial charge is 0.0784 e. The van der Waals surface area contributed by atoms with Crippen LogP contribution in [0, 0.1) is 0 Å². The van der Waals surface area contributed by atoms with Crippen LogP contribution in [0.5, 0.6) is 0 Å². The molecule has 0 rings (SSSR count). The molecule has 0 aromatic rings. The van der Waals surface area contributed by atoms with Crippen molar-refractivity contribution in [3.05, 3.63) is 0 Å². The standard InChI is InChI=1S/C10H23NO2/c1-5-11-7-9(3)13-10(4)8-12-6-2/h9-11H,5-8H2,1-4H3. The number of nitrogens with one attached hydrogen (secondary N) is 1. The molecular weight excluding hydrogens is 166 g/mol. The second-order valence-electron chi connectivity index (χ2n) is 3.22. The first-order valence-corrected chi connectivity index (χ1v) is 5.14. The zero-order valence-corrected chi connectivity index (χ0v) is 9.30. The number of hydrogen-bond donors (Lipinski definition) is 1. The lowest BCUT2D eigenvalue weighted by Gasteiger charge is -2.19. The Morgan fingerprint density at radius 2 is 1.85 bits per heavy atom. The highest BCUT2D eigenvalue weighted by Gasteiger charge is 2.07. The largest absolute Gasteiger partial charge is 0.379 e. The van der Waals surface area contributed by atoms with Gasteiger partial charge in [-0.05, 0) is 27.3 Å². The summed E-state index contributed by atoms with van der Waals surface area (Å²) in [6, 6.07) is 0. The lowest BCUT2D eigenvalue weighted by Crippen LogP contribution is -2.31. The van der Waals surface area contributed by atoms with E-state index in [0.717, 1.165) is 19.7 Å². The first-order valence-electron chi connectivity index (χ1n) is 5.14. The van der Waals surface area contributed by atoms with Gasteiger partial charge in [0.2, 0.25) is 0 Å². The molecular formula is C10H23NO2. The van der Waals surface area contributed by atoms with Crippen molar-refractivity contribution >= 4 is 0 Å². The van der Waals surface area contributed by atoms with E-state index in [-0.39, 0.29) is 12.2 Å². The average molecular weight is 189 g/mol. The molecule has 3 heteroatoms. The van der Waals surface area contributed by atoms with Crippen LogP contribution >= 0.6 is 0 Å². The van der Waals surface area contributed by atoms with Gasteiger partial charge in [-0.25, -0.2) is 0 Å². The van der Waals surface area contributed by atoms with Crippen molar-refractivity contribution in [3.63, 3.8) is 0 Å². The summed E-state index contributed by atoms with van der Waals surface area (Å²) in [5, 5.41) is 3.24. The van der Waals surface area contributed by atoms with Crippen LogP contribution in [0.4, 0.5) is 0 Å². The van der Waals surface area contributed by atoms with Crippen LogP contribution < -0.4 is 5.32 Å². The molecule has 2 unspecified atom stereocenters. The van der Waals surface area contributed by atoms with E-state index in [1.807, 2.05) is 13.8 Å². The van der Waals surface area contributed by atoms with E-state index in [2.05, 4.69) is 19.2 Å². The molecule has 13 heavy (non-hydrogen) atoms. The first-order chi connectivity index (χ1) is 6.20. The molecule has 0 aliphatic rings. The lowest BCUT2D eigenvalue weighted by atomic mass is 10.3. The Morgan fingerprint density at radius 1 is 1.15 bits per heavy atom. The highest BCUT2D eigenvalue weighted by atomic mass is 16.5. The van der Waals surface area contributed by atoms with Crippen LogP contribution in [-0.2, 0) is 9.47 Å². The molecule has 3 nitrogen and oxygen atoms in total. The van der Waals surface area contributed by atoms with Gasteiger partial charge in [0.15, 0.2) is 0 Å². The third kappa shape index (κ3) is 8.22. The van der Waals surface area contributed by atoms with Gasteiger partial charge in [-0.15, -0.1) is 0 Å². The molecule has 0 saturated carbocycles. The average Bonchev–Trinajstić information content (AvgIpc) is 2.11. The van der Waals surface area contributed by atoms with Gasteiger partial charge in [0, 0.05) is 13.2 Å². The fourth-order valence-electron chi connectivity index (χ4n) is 1.12. The van der Waals surface area contributed by atoms with Crippen molar-refractivity contribution in [1.29, 1.82) is 0 Å². The number of rotatable bonds is 8. The predicted octanol–water partition coefficient (Wildman–Crippen LogP) is 1.43. The van der Waals surface area contributed by atoms with E-state index in [0.29, 0.717) is 6.61 Å². The second-order valence-corrected chi connectivity index (χ2v) is 3.22. The Kier molecular flexibility index (Phi) is 8.40. The molecule has 0 aromatic heterocycles. The minimum absolute atomic E-state index is 0.189. The van der Waals surface area contributed by atoms with Crippen LogP contribution in [0.2, 0.25) is 0 Å². The summed E-state index contributed by atoms with van der Waals surface area (Å²) in [5.74, 6) is 0. The second kappa shape index (κ2) is 8.48. The molecule has 0 heterocycles. The normalized spacial score (nSPS) is 15.7. The maximum absolute atomic E-state index is 5.67. The molecule has 0 spiro atoms. The summed E-state index contributed by atoms with van der Waals surface area (Å²) in [6.45, 7) is 11.6. The molecule has 0 amide bonds. The monoisotopic (exact) mass is 189 g/mol. The summed E-state index contributed by atoms with van der Waals surface area (Å²) in [5.41, 5.74) is 0. The summed E-state index contributed by atoms with van der Waals surface area (Å²) in [4.78, 5) is 0. The van der Waals surface area contributed by atoms with Crippen LogP contribution in [0.25, 0.3) is 0 Å². The summed E-state index contributed by atoms with van der Waals surface area (Å²) >= 11 is 0. The van der Waals surface area contributed by atoms with Gasteiger partial charge < -0.3 is 14.8 Å². The number of likely N-dealkylation sites (N-methyl/N-ethyl adjacent to an activating group) is 1. The molecule has 0 aromatic carbocycles. The molecule has 0 aliphatic heterocycles. The zero-order valence-electron chi connectivity index (χ0n) is 9.30. The van der Waals surface area contributed by atoms with Crippen LogP contribution in [-0.4, -0.2) is 38.5 Å². The predicted molar refractivity (Wildman–Crippen MR) is 55.0 cm³/mol. The highest BCUT2D eigenvalue weighted by molar-refractivity contribution is 4.57. The van der Waals surface area contributed by atoms with Gasteiger partial charge in [0.1, 0.15) is 0 Å². The fraction of sp³-hybridized carbons (Fsp3) is 1.00. The third-order valence-corrected chi connectivity index (χ3v) is 1.70. The van der Waals surface area contributed by atoms with Gasteiger partial charge in [-0.1, -0.05) is 6.92 Å². The van der Waals surface area contributed by atoms with Gasteiger partial charge in [0.25, 0.3) is 0 Å². The Labute approximate surface area is 81.8 Å². The molecule has 0 aliphatic carbocycles. The van der Waals surface area contributed by atoms with Gasteiger partial charge >= 0.3 is 0 Å². The minimum Gasteiger partial charge on any atom is -0.379 e. The van der Waals surface area contributed by atoms with Crippen molar-refractivity contribution in [2.24, 2.45) is 0 Å². The molecule has 2 atom stereocenters. The molecule has 0 bridgehead atoms. The van der Waals surface area contributed by atoms with Crippen molar-refractivity contribution in [2.45, 2.75) is 39.9 Å². The maximum Gasteiger partial charge on any atom is 0.0784 e. The minimum atomic E-state index is 0.189. The van der Waals surface area contributed by atoms with Gasteiger partial charge in [-0.3, -0.25) is 0 Å². The Morgan fingerprint density at radius 3 is 2.38 bits per heavy atom. The van der Waals surface area contributed by atoms with E-state index in [1.54, 1.807) is 0 Å². The fourth-order valence-corrected chi connectivity index (χ4v) is 1.12. The molecule has 80 valence electrons. The van der Waals surface area contributed by atoms with Crippen LogP contribution in [0.15, 0.2) is 0 Å². The van der Waals surface area contributed by atoms with Gasteiger partial charge in [0.05, 0.1) is 18.8 Å². The molecule has 0 radical (unpaired) electrons. The Hall–Kier alpha value is -0.120. The van der Waals surface area contributed by atoms with Crippen molar-refractivity contribution in [1.82, 2.24) is 5.32 Å². The van der Waals surface area contributed by atoms with E-state index < -0.39 is 0 Å². The van der Waals surface area contributed by atoms with E-state index in [1.165, 1.54) is 0 Å². The first kappa shape index (κ1) is 12.9. The summed E-state index contributed by atoms with van der Waals surface area (Å²) < 4.78 is 10.9. The van der Waals surface area contributed by atoms with E-state index >= 15 is 0 Å². The Bertz CT molecular complexity index is 97.1. The highest BCUT2D eigenvalue weighted by Crippen LogP contribution is 1.97. The number of ether oxygens (including phenoxy) is 2.